The molecule has 8 atom stereocenters. The second-order valence-corrected chi connectivity index (χ2v) is 13.7. The Kier molecular flexibility index (Phi) is 23.5. The molecule has 8 unspecified atom stereocenters. The van der Waals surface area contributed by atoms with Crippen LogP contribution in [0.15, 0.2) is 0 Å². The van der Waals surface area contributed by atoms with Crippen LogP contribution in [0.25, 0.3) is 0 Å². The summed E-state index contributed by atoms with van der Waals surface area (Å²) in [4.78, 5) is 12.9. The van der Waals surface area contributed by atoms with E-state index < -0.39 is 78.5 Å². The number of amides is 1. The fraction of sp³-hybridized carbons (Fsp3) is 0.969. The van der Waals surface area contributed by atoms with Crippen LogP contribution in [0, 0.1) is 0 Å². The highest BCUT2D eigenvalue weighted by molar-refractivity contribution is 7.80. The van der Waals surface area contributed by atoms with Crippen molar-refractivity contribution in [1.82, 2.24) is 5.32 Å². The topological polar surface area (TPSA) is 212 Å². The van der Waals surface area contributed by atoms with Gasteiger partial charge in [-0.3, -0.25) is 9.35 Å². The molecule has 0 aromatic heterocycles. The number of carbonyl (C=O) groups is 1. The van der Waals surface area contributed by atoms with Crippen LogP contribution in [-0.2, 0) is 28.9 Å². The number of aliphatic hydroxyl groups excluding tert-OH is 5. The molecule has 0 saturated carbocycles. The van der Waals surface area contributed by atoms with Gasteiger partial charge in [0.25, 0.3) is 0 Å². The lowest BCUT2D eigenvalue weighted by molar-refractivity contribution is -0.298. The number of unbranched alkanes of at least 4 members (excludes halogenated alkanes) is 15. The largest absolute Gasteiger partial charge is 0.397 e. The van der Waals surface area contributed by atoms with Gasteiger partial charge in [0.1, 0.15) is 30.5 Å². The molecule has 1 aliphatic heterocycles. The van der Waals surface area contributed by atoms with E-state index in [9.17, 15) is 38.7 Å². The molecule has 1 saturated heterocycles. The lowest BCUT2D eigenvalue weighted by Gasteiger charge is -2.41. The molecular formula is C32H63NO12S. The van der Waals surface area contributed by atoms with E-state index in [1.165, 1.54) is 44.9 Å². The molecule has 46 heavy (non-hydrogen) atoms. The van der Waals surface area contributed by atoms with Gasteiger partial charge in [-0.1, -0.05) is 123 Å². The van der Waals surface area contributed by atoms with Gasteiger partial charge in [-0.25, -0.2) is 4.18 Å². The maximum absolute atomic E-state index is 12.9. The summed E-state index contributed by atoms with van der Waals surface area (Å²) in [6.45, 7) is 3.13. The molecule has 1 rings (SSSR count). The summed E-state index contributed by atoms with van der Waals surface area (Å²) in [6.07, 6.45) is 7.95. The molecule has 274 valence electrons. The van der Waals surface area contributed by atoms with Crippen LogP contribution >= 0.6 is 0 Å². The Hall–Kier alpha value is -0.940. The van der Waals surface area contributed by atoms with Crippen LogP contribution in [0.1, 0.15) is 136 Å². The minimum Gasteiger partial charge on any atom is -0.394 e. The predicted molar refractivity (Wildman–Crippen MR) is 173 cm³/mol. The zero-order valence-corrected chi connectivity index (χ0v) is 28.8. The Labute approximate surface area is 276 Å². The van der Waals surface area contributed by atoms with E-state index >= 15 is 0 Å². The number of hydrogen-bond acceptors (Lipinski definition) is 11. The monoisotopic (exact) mass is 685 g/mol. The molecule has 0 aromatic rings. The third kappa shape index (κ3) is 18.6. The number of aliphatic hydroxyl groups is 5. The Bertz CT molecular complexity index is 879. The Morgan fingerprint density at radius 2 is 1.26 bits per heavy atom. The lowest BCUT2D eigenvalue weighted by atomic mass is 9.99. The summed E-state index contributed by atoms with van der Waals surface area (Å²) in [5, 5.41) is 54.5. The van der Waals surface area contributed by atoms with Crippen molar-refractivity contribution in [2.24, 2.45) is 0 Å². The summed E-state index contributed by atoms with van der Waals surface area (Å²) in [6, 6.07) is -1.02. The first-order valence-electron chi connectivity index (χ1n) is 17.5. The van der Waals surface area contributed by atoms with E-state index in [2.05, 4.69) is 23.3 Å². The number of rotatable bonds is 28. The minimum absolute atomic E-state index is 0.263. The van der Waals surface area contributed by atoms with Crippen LogP contribution in [0.3, 0.4) is 0 Å². The molecule has 0 radical (unpaired) electrons. The quantitative estimate of drug-likeness (QED) is 0.0467. The predicted octanol–water partition coefficient (Wildman–Crippen LogP) is 3.29. The van der Waals surface area contributed by atoms with Crippen molar-refractivity contribution in [1.29, 1.82) is 0 Å². The van der Waals surface area contributed by atoms with Crippen LogP contribution in [0.4, 0.5) is 0 Å². The highest BCUT2D eigenvalue weighted by Crippen LogP contribution is 2.26. The van der Waals surface area contributed by atoms with Gasteiger partial charge >= 0.3 is 10.4 Å². The van der Waals surface area contributed by atoms with Gasteiger partial charge in [-0.2, -0.15) is 8.42 Å². The Morgan fingerprint density at radius 3 is 1.74 bits per heavy atom. The van der Waals surface area contributed by atoms with Crippen molar-refractivity contribution >= 4 is 16.3 Å². The van der Waals surface area contributed by atoms with E-state index in [1.54, 1.807) is 0 Å². The zero-order chi connectivity index (χ0) is 34.4. The molecule has 1 fully saturated rings. The zero-order valence-electron chi connectivity index (χ0n) is 28.0. The third-order valence-corrected chi connectivity index (χ3v) is 8.99. The summed E-state index contributed by atoms with van der Waals surface area (Å²) < 4.78 is 47.0. The average Bonchev–Trinajstić information content (AvgIpc) is 3.01. The normalized spacial score (nSPS) is 24.0. The van der Waals surface area contributed by atoms with E-state index in [0.29, 0.717) is 19.3 Å². The van der Waals surface area contributed by atoms with Crippen molar-refractivity contribution in [3.8, 4) is 0 Å². The van der Waals surface area contributed by atoms with E-state index in [0.717, 1.165) is 51.4 Å². The van der Waals surface area contributed by atoms with Crippen LogP contribution in [0.5, 0.6) is 0 Å². The smallest absolute Gasteiger partial charge is 0.394 e. The summed E-state index contributed by atoms with van der Waals surface area (Å²) in [5.74, 6) is -0.677. The molecule has 14 heteroatoms. The fourth-order valence-electron chi connectivity index (χ4n) is 5.64. The number of carbonyl (C=O) groups excluding carboxylic acids is 1. The number of hydrogen-bond donors (Lipinski definition) is 7. The first kappa shape index (κ1) is 43.1. The molecule has 1 aliphatic rings. The number of ether oxygens (including phenoxy) is 2. The standard InChI is InChI=1S/C32H63NO12S/c1-3-5-7-9-11-12-13-14-15-17-19-21-26(36)31(39)33-24(25(35)20-18-16-10-8-6-4-2)23-43-32-29(38)30(45-46(40,41)42)28(37)27(22-34)44-32/h24-30,32,34-38H,3-23H2,1-2H3,(H,33,39)(H,40,41,42). The summed E-state index contributed by atoms with van der Waals surface area (Å²) in [7, 11) is -5.09. The van der Waals surface area contributed by atoms with Gasteiger partial charge < -0.3 is 40.3 Å². The molecule has 0 spiro atoms. The molecule has 0 bridgehead atoms. The SMILES string of the molecule is CCCCCCCCCCCCCC(O)C(=O)NC(COC1OC(CO)C(O)C(OS(=O)(=O)O)C1O)C(O)CCCCCCCC. The van der Waals surface area contributed by atoms with Crippen molar-refractivity contribution in [3.05, 3.63) is 0 Å². The van der Waals surface area contributed by atoms with Crippen LogP contribution in [0.2, 0.25) is 0 Å². The average molecular weight is 686 g/mol. The fourth-order valence-corrected chi connectivity index (χ4v) is 6.15. The molecule has 7 N–H and O–H groups in total. The highest BCUT2D eigenvalue weighted by Gasteiger charge is 2.48. The van der Waals surface area contributed by atoms with Crippen molar-refractivity contribution in [2.45, 2.75) is 185 Å². The van der Waals surface area contributed by atoms with Gasteiger partial charge in [0, 0.05) is 0 Å². The van der Waals surface area contributed by atoms with Crippen LogP contribution in [-0.4, -0.2) is 107 Å². The molecule has 1 heterocycles. The molecule has 0 aromatic carbocycles. The highest BCUT2D eigenvalue weighted by atomic mass is 32.3. The summed E-state index contributed by atoms with van der Waals surface area (Å²) in [5.41, 5.74) is 0. The van der Waals surface area contributed by atoms with E-state index in [-0.39, 0.29) is 6.42 Å². The van der Waals surface area contributed by atoms with Gasteiger partial charge in [-0.05, 0) is 12.8 Å². The maximum Gasteiger partial charge on any atom is 0.397 e. The Morgan fingerprint density at radius 1 is 0.783 bits per heavy atom. The second-order valence-electron chi connectivity index (χ2n) is 12.6. The molecular weight excluding hydrogens is 622 g/mol. The minimum atomic E-state index is -5.09. The summed E-state index contributed by atoms with van der Waals surface area (Å²) >= 11 is 0. The van der Waals surface area contributed by atoms with Crippen molar-refractivity contribution in [2.75, 3.05) is 13.2 Å². The van der Waals surface area contributed by atoms with Crippen molar-refractivity contribution < 1.29 is 57.0 Å². The first-order chi connectivity index (χ1) is 21.9. The van der Waals surface area contributed by atoms with E-state index in [1.807, 2.05) is 0 Å². The Balaban J connectivity index is 2.69. The van der Waals surface area contributed by atoms with E-state index in [4.69, 9.17) is 14.0 Å². The number of nitrogens with one attached hydrogen (secondary N) is 1. The molecule has 0 aliphatic carbocycles. The van der Waals surface area contributed by atoms with Gasteiger partial charge in [-0.15, -0.1) is 0 Å². The van der Waals surface area contributed by atoms with Gasteiger partial charge in [0.2, 0.25) is 5.91 Å². The van der Waals surface area contributed by atoms with Gasteiger partial charge in [0.05, 0.1) is 25.4 Å². The lowest BCUT2D eigenvalue weighted by Crippen LogP contribution is -2.61. The van der Waals surface area contributed by atoms with Crippen molar-refractivity contribution in [3.63, 3.8) is 0 Å². The maximum atomic E-state index is 12.9. The second kappa shape index (κ2) is 25.1. The van der Waals surface area contributed by atoms with Gasteiger partial charge in [0.15, 0.2) is 6.29 Å². The van der Waals surface area contributed by atoms with Crippen LogP contribution < -0.4 is 5.32 Å². The molecule has 13 nitrogen and oxygen atoms in total. The first-order valence-corrected chi connectivity index (χ1v) is 18.9. The molecule has 1 amide bonds. The third-order valence-electron chi connectivity index (χ3n) is 8.52.